The quantitative estimate of drug-likeness (QED) is 0.313. The van der Waals surface area contributed by atoms with Gasteiger partial charge in [-0.1, -0.05) is 23.4 Å². The van der Waals surface area contributed by atoms with E-state index in [4.69, 9.17) is 28.9 Å². The number of fused-ring (bicyclic) bond motifs is 4. The second-order valence-corrected chi connectivity index (χ2v) is 9.91. The maximum atomic E-state index is 5.89. The first-order valence-electron chi connectivity index (χ1n) is 13.1. The lowest BCUT2D eigenvalue weighted by Crippen LogP contribution is -2.36. The number of benzene rings is 2. The number of pyridine rings is 1. The Kier molecular flexibility index (Phi) is 5.48. The summed E-state index contributed by atoms with van der Waals surface area (Å²) >= 11 is 0. The van der Waals surface area contributed by atoms with E-state index in [0.29, 0.717) is 19.0 Å². The van der Waals surface area contributed by atoms with Crippen LogP contribution < -0.4 is 9.64 Å². The van der Waals surface area contributed by atoms with Crippen LogP contribution in [0, 0.1) is 20.8 Å². The van der Waals surface area contributed by atoms with Gasteiger partial charge in [0.15, 0.2) is 0 Å². The largest absolute Gasteiger partial charge is 0.496 e. The van der Waals surface area contributed by atoms with Crippen LogP contribution in [0.3, 0.4) is 0 Å². The first kappa shape index (κ1) is 23.6. The fraction of sp³-hybridized carbons (Fsp3) is 0.267. The van der Waals surface area contributed by atoms with Crippen molar-refractivity contribution in [1.82, 2.24) is 25.1 Å². The molecule has 0 radical (unpaired) electrons. The van der Waals surface area contributed by atoms with Gasteiger partial charge in [-0.3, -0.25) is 0 Å². The average Bonchev–Trinajstić information content (AvgIpc) is 3.49. The highest BCUT2D eigenvalue weighted by atomic mass is 16.5. The van der Waals surface area contributed by atoms with Crippen LogP contribution in [0.25, 0.3) is 55.2 Å². The van der Waals surface area contributed by atoms with Crippen LogP contribution in [0.1, 0.15) is 17.3 Å². The molecular formula is C30H28N6O3. The summed E-state index contributed by atoms with van der Waals surface area (Å²) in [6.07, 6.45) is 0. The van der Waals surface area contributed by atoms with E-state index in [9.17, 15) is 0 Å². The van der Waals surface area contributed by atoms with Crippen LogP contribution >= 0.6 is 0 Å². The number of aryl methyl sites for hydroxylation is 3. The molecule has 196 valence electrons. The number of nitrogens with one attached hydrogen (secondary N) is 1. The third-order valence-corrected chi connectivity index (χ3v) is 7.48. The van der Waals surface area contributed by atoms with Crippen LogP contribution in [0.5, 0.6) is 5.75 Å². The van der Waals surface area contributed by atoms with Gasteiger partial charge in [-0.05, 0) is 45.0 Å². The predicted octanol–water partition coefficient (Wildman–Crippen LogP) is 5.75. The maximum absolute atomic E-state index is 5.89. The zero-order valence-electron chi connectivity index (χ0n) is 22.3. The van der Waals surface area contributed by atoms with Crippen molar-refractivity contribution in [3.8, 4) is 28.1 Å². The summed E-state index contributed by atoms with van der Waals surface area (Å²) in [7, 11) is 1.68. The number of H-pyrrole nitrogens is 1. The third-order valence-electron chi connectivity index (χ3n) is 7.48. The van der Waals surface area contributed by atoms with Crippen molar-refractivity contribution >= 4 is 38.7 Å². The van der Waals surface area contributed by atoms with Crippen LogP contribution in [0.4, 0.5) is 5.82 Å². The molecule has 0 aliphatic carbocycles. The zero-order chi connectivity index (χ0) is 26.7. The summed E-state index contributed by atoms with van der Waals surface area (Å²) in [6.45, 7) is 8.77. The number of rotatable bonds is 4. The average molecular weight is 521 g/mol. The number of aromatic nitrogens is 5. The molecule has 9 heteroatoms. The SMILES string of the molecule is COc1cc2c(cc1-c1c(C)noc1C)[nH]c1nc(C)nc(-c3cc(N4CCOCC4)nc4ccccc34)c12. The van der Waals surface area contributed by atoms with Gasteiger partial charge >= 0.3 is 0 Å². The van der Waals surface area contributed by atoms with E-state index in [1.165, 1.54) is 0 Å². The normalized spacial score (nSPS) is 14.1. The van der Waals surface area contributed by atoms with Gasteiger partial charge in [0.2, 0.25) is 0 Å². The van der Waals surface area contributed by atoms with Crippen LogP contribution in [-0.4, -0.2) is 58.5 Å². The highest BCUT2D eigenvalue weighted by molar-refractivity contribution is 6.15. The lowest BCUT2D eigenvalue weighted by atomic mass is 9.98. The smallest absolute Gasteiger partial charge is 0.142 e. The minimum atomic E-state index is 0.691. The minimum absolute atomic E-state index is 0.691. The van der Waals surface area contributed by atoms with Crippen molar-refractivity contribution in [2.75, 3.05) is 38.3 Å². The molecule has 9 nitrogen and oxygen atoms in total. The fourth-order valence-corrected chi connectivity index (χ4v) is 5.67. The van der Waals surface area contributed by atoms with Crippen LogP contribution in [0.15, 0.2) is 47.0 Å². The molecule has 0 amide bonds. The number of nitrogens with zero attached hydrogens (tertiary/aromatic N) is 5. The van der Waals surface area contributed by atoms with Gasteiger partial charge in [0.05, 0.1) is 48.2 Å². The first-order valence-corrected chi connectivity index (χ1v) is 13.1. The Morgan fingerprint density at radius 3 is 2.51 bits per heavy atom. The maximum Gasteiger partial charge on any atom is 0.142 e. The molecule has 2 aromatic carbocycles. The number of ether oxygens (including phenoxy) is 2. The number of methoxy groups -OCH3 is 1. The fourth-order valence-electron chi connectivity index (χ4n) is 5.67. The van der Waals surface area contributed by atoms with Gasteiger partial charge in [0.25, 0.3) is 0 Å². The van der Waals surface area contributed by atoms with E-state index in [-0.39, 0.29) is 0 Å². The summed E-state index contributed by atoms with van der Waals surface area (Å²) in [4.78, 5) is 20.6. The molecule has 0 bridgehead atoms. The molecule has 0 atom stereocenters. The van der Waals surface area contributed by atoms with Gasteiger partial charge < -0.3 is 23.9 Å². The number of para-hydroxylation sites is 1. The van der Waals surface area contributed by atoms with Gasteiger partial charge in [-0.25, -0.2) is 15.0 Å². The summed E-state index contributed by atoms with van der Waals surface area (Å²) < 4.78 is 16.9. The molecule has 0 unspecified atom stereocenters. The van der Waals surface area contributed by atoms with Crippen molar-refractivity contribution in [1.29, 1.82) is 0 Å². The van der Waals surface area contributed by atoms with Gasteiger partial charge in [-0.15, -0.1) is 0 Å². The van der Waals surface area contributed by atoms with Gasteiger partial charge in [-0.2, -0.15) is 0 Å². The highest BCUT2D eigenvalue weighted by Gasteiger charge is 2.23. The predicted molar refractivity (Wildman–Crippen MR) is 151 cm³/mol. The van der Waals surface area contributed by atoms with Crippen molar-refractivity contribution < 1.29 is 14.0 Å². The molecule has 0 spiro atoms. The second kappa shape index (κ2) is 9.06. The molecule has 1 aliphatic rings. The Morgan fingerprint density at radius 2 is 1.74 bits per heavy atom. The number of hydrogen-bond donors (Lipinski definition) is 1. The Balaban J connectivity index is 1.52. The molecule has 5 heterocycles. The molecule has 6 aromatic rings. The highest BCUT2D eigenvalue weighted by Crippen LogP contribution is 2.42. The molecule has 4 aromatic heterocycles. The number of anilines is 1. The Bertz CT molecular complexity index is 1860. The molecule has 1 fully saturated rings. The third kappa shape index (κ3) is 3.80. The van der Waals surface area contributed by atoms with E-state index in [1.807, 2.05) is 32.9 Å². The Morgan fingerprint density at radius 1 is 0.923 bits per heavy atom. The molecule has 1 aliphatic heterocycles. The number of hydrogen-bond acceptors (Lipinski definition) is 8. The summed E-state index contributed by atoms with van der Waals surface area (Å²) in [5.41, 5.74) is 7.20. The van der Waals surface area contributed by atoms with E-state index in [0.717, 1.165) is 91.3 Å². The summed E-state index contributed by atoms with van der Waals surface area (Å²) in [5, 5.41) is 7.13. The van der Waals surface area contributed by atoms with Crippen molar-refractivity contribution in [2.45, 2.75) is 20.8 Å². The van der Waals surface area contributed by atoms with Crippen molar-refractivity contribution in [2.24, 2.45) is 0 Å². The molecule has 0 saturated carbocycles. The number of morpholine rings is 1. The molecule has 39 heavy (non-hydrogen) atoms. The Labute approximate surface area is 224 Å². The van der Waals surface area contributed by atoms with Crippen molar-refractivity contribution in [3.63, 3.8) is 0 Å². The van der Waals surface area contributed by atoms with Crippen LogP contribution in [0.2, 0.25) is 0 Å². The lowest BCUT2D eigenvalue weighted by molar-refractivity contribution is 0.122. The van der Waals surface area contributed by atoms with E-state index in [2.05, 4.69) is 45.4 Å². The summed E-state index contributed by atoms with van der Waals surface area (Å²) in [6, 6.07) is 14.5. The van der Waals surface area contributed by atoms with E-state index < -0.39 is 0 Å². The Hall–Kier alpha value is -4.50. The monoisotopic (exact) mass is 520 g/mol. The number of aromatic amines is 1. The van der Waals surface area contributed by atoms with E-state index in [1.54, 1.807) is 7.11 Å². The molecule has 7 rings (SSSR count). The second-order valence-electron chi connectivity index (χ2n) is 9.91. The zero-order valence-corrected chi connectivity index (χ0v) is 22.3. The minimum Gasteiger partial charge on any atom is -0.496 e. The standard InChI is InChI=1S/C30H28N6O3/c1-16-27(17(2)39-35-16)22-13-24-21(14-25(22)37-4)28-29(31-18(3)32-30(28)34-24)20-15-26(36-9-11-38-12-10-36)33-23-8-6-5-7-19(20)23/h5-8,13-15H,9-12H2,1-4H3,(H,31,32,34). The first-order chi connectivity index (χ1) is 19.0. The van der Waals surface area contributed by atoms with E-state index >= 15 is 0 Å². The van der Waals surface area contributed by atoms with Gasteiger partial charge in [0.1, 0.15) is 28.8 Å². The topological polar surface area (TPSA) is 102 Å². The molecular weight excluding hydrogens is 492 g/mol. The summed E-state index contributed by atoms with van der Waals surface area (Å²) in [5.74, 6) is 3.10. The van der Waals surface area contributed by atoms with Crippen molar-refractivity contribution in [3.05, 3.63) is 59.7 Å². The molecule has 1 saturated heterocycles. The van der Waals surface area contributed by atoms with Crippen LogP contribution in [-0.2, 0) is 4.74 Å². The van der Waals surface area contributed by atoms with Gasteiger partial charge in [0, 0.05) is 40.5 Å². The molecule has 1 N–H and O–H groups in total. The lowest BCUT2D eigenvalue weighted by Gasteiger charge is -2.28.